The molecule has 0 fully saturated rings. The molecule has 0 amide bonds. The second kappa shape index (κ2) is 5.93. The van der Waals surface area contributed by atoms with E-state index in [4.69, 9.17) is 4.74 Å². The van der Waals surface area contributed by atoms with E-state index in [1.165, 1.54) is 20.4 Å². The van der Waals surface area contributed by atoms with Crippen molar-refractivity contribution in [1.82, 2.24) is 0 Å². The van der Waals surface area contributed by atoms with E-state index >= 15 is 0 Å². The van der Waals surface area contributed by atoms with Crippen molar-refractivity contribution in [3.63, 3.8) is 0 Å². The van der Waals surface area contributed by atoms with E-state index < -0.39 is 0 Å². The molecule has 0 saturated carbocycles. The van der Waals surface area contributed by atoms with Gasteiger partial charge >= 0.3 is 0 Å². The average molecular weight is 444 g/mol. The van der Waals surface area contributed by atoms with Crippen LogP contribution < -0.4 is 10.1 Å². The summed E-state index contributed by atoms with van der Waals surface area (Å²) >= 11 is 5.89. The van der Waals surface area contributed by atoms with Crippen LogP contribution in [0.2, 0.25) is 0 Å². The summed E-state index contributed by atoms with van der Waals surface area (Å²) < 4.78 is 8.09. The number of fused-ring (bicyclic) bond motifs is 1. The van der Waals surface area contributed by atoms with Gasteiger partial charge in [-0.25, -0.2) is 0 Å². The molecule has 0 saturated heterocycles. The molecule has 1 heterocycles. The Kier molecular flexibility index (Phi) is 4.21. The third-order valence-electron chi connectivity index (χ3n) is 3.53. The summed E-state index contributed by atoms with van der Waals surface area (Å²) in [7, 11) is 0. The van der Waals surface area contributed by atoms with Crippen molar-refractivity contribution in [3.8, 4) is 5.75 Å². The maximum atomic E-state index is 5.73. The highest BCUT2D eigenvalue weighted by atomic mass is 127. The van der Waals surface area contributed by atoms with E-state index in [0.717, 1.165) is 23.2 Å². The minimum absolute atomic E-state index is 0.301. The van der Waals surface area contributed by atoms with Crippen molar-refractivity contribution in [2.24, 2.45) is 0 Å². The molecular formula is C16H15BrINO. The van der Waals surface area contributed by atoms with Crippen LogP contribution in [0.4, 0.5) is 5.69 Å². The molecule has 1 aliphatic rings. The van der Waals surface area contributed by atoms with Crippen LogP contribution in [0.5, 0.6) is 5.75 Å². The Labute approximate surface area is 141 Å². The average Bonchev–Trinajstić information content (AvgIpc) is 2.42. The molecule has 3 rings (SSSR count). The molecule has 0 radical (unpaired) electrons. The zero-order valence-corrected chi connectivity index (χ0v) is 14.9. The summed E-state index contributed by atoms with van der Waals surface area (Å²) in [5, 5.41) is 3.66. The molecule has 20 heavy (non-hydrogen) atoms. The van der Waals surface area contributed by atoms with E-state index in [1.807, 2.05) is 12.1 Å². The first-order valence-electron chi connectivity index (χ1n) is 6.58. The SMILES string of the molecule is Cc1cc(I)ccc1NC1CCOc2ccc(Br)cc21. The zero-order valence-electron chi connectivity index (χ0n) is 11.1. The molecule has 1 aliphatic heterocycles. The molecule has 0 aromatic heterocycles. The predicted molar refractivity (Wildman–Crippen MR) is 94.5 cm³/mol. The topological polar surface area (TPSA) is 21.3 Å². The van der Waals surface area contributed by atoms with Gasteiger partial charge < -0.3 is 10.1 Å². The van der Waals surface area contributed by atoms with E-state index in [2.05, 4.69) is 75.0 Å². The third kappa shape index (κ3) is 2.96. The highest BCUT2D eigenvalue weighted by molar-refractivity contribution is 14.1. The van der Waals surface area contributed by atoms with Gasteiger partial charge in [0.25, 0.3) is 0 Å². The van der Waals surface area contributed by atoms with Crippen molar-refractivity contribution in [2.45, 2.75) is 19.4 Å². The second-order valence-electron chi connectivity index (χ2n) is 4.98. The molecule has 4 heteroatoms. The van der Waals surface area contributed by atoms with Crippen LogP contribution in [0.15, 0.2) is 40.9 Å². The van der Waals surface area contributed by atoms with Gasteiger partial charge in [-0.05, 0) is 71.5 Å². The monoisotopic (exact) mass is 443 g/mol. The van der Waals surface area contributed by atoms with Crippen LogP contribution in [-0.4, -0.2) is 6.61 Å². The van der Waals surface area contributed by atoms with Gasteiger partial charge in [0, 0.05) is 25.7 Å². The quantitative estimate of drug-likeness (QED) is 0.636. The summed E-state index contributed by atoms with van der Waals surface area (Å²) in [6, 6.07) is 13.0. The summed E-state index contributed by atoms with van der Waals surface area (Å²) in [4.78, 5) is 0. The Bertz CT molecular complexity index is 644. The van der Waals surface area contributed by atoms with Gasteiger partial charge in [0.1, 0.15) is 5.75 Å². The van der Waals surface area contributed by atoms with E-state index in [9.17, 15) is 0 Å². The Morgan fingerprint density at radius 3 is 2.90 bits per heavy atom. The van der Waals surface area contributed by atoms with Crippen molar-refractivity contribution in [1.29, 1.82) is 0 Å². The second-order valence-corrected chi connectivity index (χ2v) is 7.14. The first-order valence-corrected chi connectivity index (χ1v) is 8.45. The van der Waals surface area contributed by atoms with Gasteiger partial charge in [-0.15, -0.1) is 0 Å². The lowest BCUT2D eigenvalue weighted by atomic mass is 10.00. The van der Waals surface area contributed by atoms with E-state index in [1.54, 1.807) is 0 Å². The molecule has 2 nitrogen and oxygen atoms in total. The van der Waals surface area contributed by atoms with E-state index in [-0.39, 0.29) is 0 Å². The normalized spacial score (nSPS) is 17.2. The van der Waals surface area contributed by atoms with Gasteiger partial charge in [-0.1, -0.05) is 15.9 Å². The van der Waals surface area contributed by atoms with Gasteiger partial charge in [-0.3, -0.25) is 0 Å². The predicted octanol–water partition coefficient (Wildman–Crippen LogP) is 5.30. The molecule has 1 atom stereocenters. The molecule has 2 aromatic carbocycles. The Morgan fingerprint density at radius 1 is 1.25 bits per heavy atom. The molecule has 0 aliphatic carbocycles. The summed E-state index contributed by atoms with van der Waals surface area (Å²) in [6.45, 7) is 2.90. The first-order chi connectivity index (χ1) is 9.63. The maximum Gasteiger partial charge on any atom is 0.124 e. The number of benzene rings is 2. The highest BCUT2D eigenvalue weighted by Gasteiger charge is 2.22. The summed E-state index contributed by atoms with van der Waals surface area (Å²) in [6.07, 6.45) is 0.981. The van der Waals surface area contributed by atoms with Crippen molar-refractivity contribution in [2.75, 3.05) is 11.9 Å². The molecule has 1 N–H and O–H groups in total. The fraction of sp³-hybridized carbons (Fsp3) is 0.250. The lowest BCUT2D eigenvalue weighted by Crippen LogP contribution is -2.20. The molecule has 0 bridgehead atoms. The van der Waals surface area contributed by atoms with Crippen molar-refractivity contribution >= 4 is 44.2 Å². The van der Waals surface area contributed by atoms with Gasteiger partial charge in [-0.2, -0.15) is 0 Å². The minimum atomic E-state index is 0.301. The first kappa shape index (κ1) is 14.2. The number of aryl methyl sites for hydroxylation is 1. The molecule has 0 spiro atoms. The molecule has 104 valence electrons. The molecular weight excluding hydrogens is 429 g/mol. The Morgan fingerprint density at radius 2 is 2.10 bits per heavy atom. The number of halogens is 2. The minimum Gasteiger partial charge on any atom is -0.493 e. The van der Waals surface area contributed by atoms with Crippen LogP contribution in [0.25, 0.3) is 0 Å². The Balaban J connectivity index is 1.91. The molecule has 2 aromatic rings. The van der Waals surface area contributed by atoms with Gasteiger partial charge in [0.2, 0.25) is 0 Å². The van der Waals surface area contributed by atoms with Gasteiger partial charge in [0.15, 0.2) is 0 Å². The van der Waals surface area contributed by atoms with E-state index in [0.29, 0.717) is 6.04 Å². The number of ether oxygens (including phenoxy) is 1. The Hall–Kier alpha value is -0.750. The van der Waals surface area contributed by atoms with Crippen molar-refractivity contribution in [3.05, 3.63) is 55.6 Å². The largest absolute Gasteiger partial charge is 0.493 e. The number of anilines is 1. The van der Waals surface area contributed by atoms with Gasteiger partial charge in [0.05, 0.1) is 12.6 Å². The number of hydrogen-bond donors (Lipinski definition) is 1. The van der Waals surface area contributed by atoms with Crippen LogP contribution in [-0.2, 0) is 0 Å². The fourth-order valence-electron chi connectivity index (χ4n) is 2.49. The summed E-state index contributed by atoms with van der Waals surface area (Å²) in [5.74, 6) is 0.986. The summed E-state index contributed by atoms with van der Waals surface area (Å²) in [5.41, 5.74) is 3.70. The van der Waals surface area contributed by atoms with Crippen LogP contribution in [0.1, 0.15) is 23.6 Å². The maximum absolute atomic E-state index is 5.73. The van der Waals surface area contributed by atoms with Crippen LogP contribution in [0, 0.1) is 10.5 Å². The number of nitrogens with one attached hydrogen (secondary N) is 1. The number of rotatable bonds is 2. The van der Waals surface area contributed by atoms with Crippen LogP contribution >= 0.6 is 38.5 Å². The fourth-order valence-corrected chi connectivity index (χ4v) is 3.52. The highest BCUT2D eigenvalue weighted by Crippen LogP contribution is 2.36. The zero-order chi connectivity index (χ0) is 14.1. The van der Waals surface area contributed by atoms with Crippen molar-refractivity contribution < 1.29 is 4.74 Å². The third-order valence-corrected chi connectivity index (χ3v) is 4.69. The standard InChI is InChI=1S/C16H15BrINO/c1-10-8-12(18)3-4-14(10)19-15-6-7-20-16-5-2-11(17)9-13(15)16/h2-5,8-9,15,19H,6-7H2,1H3. The lowest BCUT2D eigenvalue weighted by molar-refractivity contribution is 0.274. The smallest absolute Gasteiger partial charge is 0.124 e. The molecule has 1 unspecified atom stereocenters. The lowest BCUT2D eigenvalue weighted by Gasteiger charge is -2.28. The number of hydrogen-bond acceptors (Lipinski definition) is 2. The van der Waals surface area contributed by atoms with Crippen LogP contribution in [0.3, 0.4) is 0 Å².